The summed E-state index contributed by atoms with van der Waals surface area (Å²) in [4.78, 5) is 0.880. The maximum absolute atomic E-state index is 9.69. The second-order valence-electron chi connectivity index (χ2n) is 3.45. The molecule has 76 valence electrons. The number of piperazine rings is 1. The van der Waals surface area contributed by atoms with Crippen molar-refractivity contribution in [2.45, 2.75) is 10.9 Å². The first-order chi connectivity index (χ1) is 6.77. The highest BCUT2D eigenvalue weighted by Crippen LogP contribution is 2.26. The Morgan fingerprint density at radius 3 is 2.93 bits per heavy atom. The van der Waals surface area contributed by atoms with Crippen LogP contribution in [0.15, 0.2) is 23.1 Å². The van der Waals surface area contributed by atoms with Crippen molar-refractivity contribution in [1.29, 1.82) is 0 Å². The number of rotatable bonds is 1. The zero-order valence-electron chi connectivity index (χ0n) is 7.83. The lowest BCUT2D eigenvalue weighted by Gasteiger charge is -2.25. The van der Waals surface area contributed by atoms with Gasteiger partial charge in [-0.05, 0) is 18.2 Å². The summed E-state index contributed by atoms with van der Waals surface area (Å²) in [6, 6.07) is 5.57. The number of phenols is 1. The van der Waals surface area contributed by atoms with Crippen LogP contribution in [0, 0.1) is 0 Å². The number of benzene rings is 1. The van der Waals surface area contributed by atoms with Crippen molar-refractivity contribution >= 4 is 12.6 Å². The summed E-state index contributed by atoms with van der Waals surface area (Å²) in [5.74, 6) is 0.337. The second kappa shape index (κ2) is 4.21. The topological polar surface area (TPSA) is 44.3 Å². The summed E-state index contributed by atoms with van der Waals surface area (Å²) in [7, 11) is 0. The molecular formula is C10H14N2OS. The number of aromatic hydroxyl groups is 1. The first-order valence-electron chi connectivity index (χ1n) is 4.73. The summed E-state index contributed by atoms with van der Waals surface area (Å²) in [6.45, 7) is 2.77. The average molecular weight is 210 g/mol. The van der Waals surface area contributed by atoms with Crippen LogP contribution in [0.5, 0.6) is 5.75 Å². The molecule has 0 unspecified atom stereocenters. The van der Waals surface area contributed by atoms with Crippen LogP contribution in [0.2, 0.25) is 0 Å². The van der Waals surface area contributed by atoms with Gasteiger partial charge in [0.25, 0.3) is 0 Å². The summed E-state index contributed by atoms with van der Waals surface area (Å²) >= 11 is 4.26. The molecule has 2 rings (SSSR count). The fourth-order valence-electron chi connectivity index (χ4n) is 1.69. The van der Waals surface area contributed by atoms with Crippen LogP contribution in [0.1, 0.15) is 11.6 Å². The molecular weight excluding hydrogens is 196 g/mol. The molecule has 3 nitrogen and oxygen atoms in total. The minimum Gasteiger partial charge on any atom is -0.508 e. The molecule has 0 aromatic heterocycles. The highest BCUT2D eigenvalue weighted by atomic mass is 32.1. The highest BCUT2D eigenvalue weighted by Gasteiger charge is 2.17. The molecule has 1 saturated heterocycles. The SMILES string of the molecule is Oc1ccc(S)cc1[C@H]1CNCCN1. The van der Waals surface area contributed by atoms with Crippen LogP contribution < -0.4 is 10.6 Å². The van der Waals surface area contributed by atoms with Crippen molar-refractivity contribution in [3.63, 3.8) is 0 Å². The van der Waals surface area contributed by atoms with Crippen molar-refractivity contribution in [3.8, 4) is 5.75 Å². The van der Waals surface area contributed by atoms with E-state index in [0.717, 1.165) is 30.1 Å². The normalized spacial score (nSPS) is 22.2. The molecule has 0 radical (unpaired) electrons. The summed E-state index contributed by atoms with van der Waals surface area (Å²) in [5, 5.41) is 16.3. The van der Waals surface area contributed by atoms with Gasteiger partial charge in [0.1, 0.15) is 5.75 Å². The van der Waals surface area contributed by atoms with Crippen LogP contribution in [0.25, 0.3) is 0 Å². The second-order valence-corrected chi connectivity index (χ2v) is 3.97. The third-order valence-electron chi connectivity index (χ3n) is 2.43. The molecule has 1 aromatic carbocycles. The van der Waals surface area contributed by atoms with Crippen molar-refractivity contribution in [2.75, 3.05) is 19.6 Å². The molecule has 0 amide bonds. The smallest absolute Gasteiger partial charge is 0.120 e. The minimum absolute atomic E-state index is 0.191. The van der Waals surface area contributed by atoms with E-state index in [-0.39, 0.29) is 6.04 Å². The predicted molar refractivity (Wildman–Crippen MR) is 59.0 cm³/mol. The van der Waals surface area contributed by atoms with E-state index in [1.165, 1.54) is 0 Å². The van der Waals surface area contributed by atoms with Gasteiger partial charge in [-0.25, -0.2) is 0 Å². The van der Waals surface area contributed by atoms with Crippen LogP contribution in [-0.2, 0) is 0 Å². The maximum atomic E-state index is 9.69. The van der Waals surface area contributed by atoms with Gasteiger partial charge in [0, 0.05) is 36.1 Å². The first-order valence-corrected chi connectivity index (χ1v) is 5.18. The summed E-state index contributed by atoms with van der Waals surface area (Å²) in [6.07, 6.45) is 0. The molecule has 1 aromatic rings. The standard InChI is InChI=1S/C10H14N2OS/c13-10-2-1-7(14)5-8(10)9-6-11-3-4-12-9/h1-2,5,9,11-14H,3-4,6H2/t9-/m1/s1. The van der Waals surface area contributed by atoms with E-state index >= 15 is 0 Å². The van der Waals surface area contributed by atoms with E-state index < -0.39 is 0 Å². The number of nitrogens with one attached hydrogen (secondary N) is 2. The highest BCUT2D eigenvalue weighted by molar-refractivity contribution is 7.80. The molecule has 14 heavy (non-hydrogen) atoms. The number of hydrogen-bond donors (Lipinski definition) is 4. The molecule has 0 aliphatic carbocycles. The lowest BCUT2D eigenvalue weighted by atomic mass is 10.0. The molecule has 4 heteroatoms. The van der Waals surface area contributed by atoms with E-state index in [0.29, 0.717) is 5.75 Å². The van der Waals surface area contributed by atoms with Gasteiger partial charge in [-0.15, -0.1) is 12.6 Å². The third-order valence-corrected chi connectivity index (χ3v) is 2.71. The van der Waals surface area contributed by atoms with Crippen molar-refractivity contribution in [3.05, 3.63) is 23.8 Å². The third kappa shape index (κ3) is 2.03. The van der Waals surface area contributed by atoms with E-state index in [4.69, 9.17) is 0 Å². The molecule has 3 N–H and O–H groups in total. The Morgan fingerprint density at radius 1 is 1.36 bits per heavy atom. The molecule has 1 aliphatic rings. The fraction of sp³-hybridized carbons (Fsp3) is 0.400. The molecule has 1 aliphatic heterocycles. The van der Waals surface area contributed by atoms with Gasteiger partial charge < -0.3 is 15.7 Å². The zero-order chi connectivity index (χ0) is 9.97. The Kier molecular flexibility index (Phi) is 2.96. The van der Waals surface area contributed by atoms with E-state index in [2.05, 4.69) is 23.3 Å². The van der Waals surface area contributed by atoms with Gasteiger partial charge in [-0.2, -0.15) is 0 Å². The average Bonchev–Trinajstić information content (AvgIpc) is 2.23. The van der Waals surface area contributed by atoms with Gasteiger partial charge in [-0.3, -0.25) is 0 Å². The Hall–Kier alpha value is -0.710. The molecule has 0 spiro atoms. The maximum Gasteiger partial charge on any atom is 0.120 e. The molecule has 1 heterocycles. The fourth-order valence-corrected chi connectivity index (χ4v) is 1.91. The van der Waals surface area contributed by atoms with Crippen molar-refractivity contribution in [2.24, 2.45) is 0 Å². The summed E-state index contributed by atoms with van der Waals surface area (Å²) < 4.78 is 0. The van der Waals surface area contributed by atoms with Crippen LogP contribution in [0.3, 0.4) is 0 Å². The Labute approximate surface area is 88.9 Å². The van der Waals surface area contributed by atoms with Gasteiger partial charge in [0.05, 0.1) is 0 Å². The first kappa shape index (κ1) is 9.83. The summed E-state index contributed by atoms with van der Waals surface area (Å²) in [5.41, 5.74) is 0.921. The molecule has 0 bridgehead atoms. The molecule has 0 saturated carbocycles. The lowest BCUT2D eigenvalue weighted by molar-refractivity contribution is 0.404. The van der Waals surface area contributed by atoms with Crippen LogP contribution >= 0.6 is 12.6 Å². The quantitative estimate of drug-likeness (QED) is 0.521. The predicted octanol–water partition coefficient (Wildman–Crippen LogP) is 0.915. The van der Waals surface area contributed by atoms with E-state index in [1.807, 2.05) is 6.07 Å². The van der Waals surface area contributed by atoms with Crippen molar-refractivity contribution in [1.82, 2.24) is 10.6 Å². The molecule has 1 fully saturated rings. The minimum atomic E-state index is 0.191. The Bertz CT molecular complexity index is 324. The van der Waals surface area contributed by atoms with Crippen LogP contribution in [0.4, 0.5) is 0 Å². The zero-order valence-corrected chi connectivity index (χ0v) is 8.72. The van der Waals surface area contributed by atoms with Gasteiger partial charge >= 0.3 is 0 Å². The lowest BCUT2D eigenvalue weighted by Crippen LogP contribution is -2.42. The van der Waals surface area contributed by atoms with Gasteiger partial charge in [0.2, 0.25) is 0 Å². The Balaban J connectivity index is 2.24. The Morgan fingerprint density at radius 2 is 2.21 bits per heavy atom. The number of hydrogen-bond acceptors (Lipinski definition) is 4. The number of phenolic OH excluding ortho intramolecular Hbond substituents is 1. The van der Waals surface area contributed by atoms with Crippen molar-refractivity contribution < 1.29 is 5.11 Å². The monoisotopic (exact) mass is 210 g/mol. The van der Waals surface area contributed by atoms with E-state index in [1.54, 1.807) is 12.1 Å². The molecule has 1 atom stereocenters. The largest absolute Gasteiger partial charge is 0.508 e. The number of thiol groups is 1. The van der Waals surface area contributed by atoms with Gasteiger partial charge in [0.15, 0.2) is 0 Å². The van der Waals surface area contributed by atoms with E-state index in [9.17, 15) is 5.11 Å². The van der Waals surface area contributed by atoms with Gasteiger partial charge in [-0.1, -0.05) is 0 Å². The van der Waals surface area contributed by atoms with Crippen LogP contribution in [-0.4, -0.2) is 24.7 Å².